The Morgan fingerprint density at radius 1 is 1.33 bits per heavy atom. The Kier molecular flexibility index (Phi) is 6.19. The molecule has 0 amide bonds. The number of rotatable bonds is 7. The number of nitrogens with one attached hydrogen (secondary N) is 1. The molecule has 5 heteroatoms. The lowest BCUT2D eigenvalue weighted by Crippen LogP contribution is -2.48. The maximum Gasteiger partial charge on any atom is 0.169 e. The fourth-order valence-electron chi connectivity index (χ4n) is 1.58. The molecule has 1 aromatic rings. The molecule has 18 heavy (non-hydrogen) atoms. The van der Waals surface area contributed by atoms with Gasteiger partial charge in [0.2, 0.25) is 0 Å². The molecule has 1 aromatic carbocycles. The topological polar surface area (TPSA) is 21.3 Å². The summed E-state index contributed by atoms with van der Waals surface area (Å²) in [5.74, 6) is 0.673. The van der Waals surface area contributed by atoms with Crippen LogP contribution >= 0.6 is 23.2 Å². The lowest BCUT2D eigenvalue weighted by Gasteiger charge is -2.29. The van der Waals surface area contributed by atoms with Gasteiger partial charge in [-0.3, -0.25) is 0 Å². The summed E-state index contributed by atoms with van der Waals surface area (Å²) in [6.07, 6.45) is 0.783. The monoisotopic (exact) mass is 293 g/mol. The van der Waals surface area contributed by atoms with E-state index in [1.165, 1.54) is 7.11 Å². The zero-order chi connectivity index (χ0) is 13.6. The van der Waals surface area contributed by atoms with Crippen LogP contribution in [0.2, 0.25) is 0 Å². The molecule has 0 radical (unpaired) electrons. The van der Waals surface area contributed by atoms with Crippen molar-refractivity contribution in [2.75, 3.05) is 18.9 Å². The first-order chi connectivity index (χ1) is 8.62. The van der Waals surface area contributed by atoms with Crippen LogP contribution in [0.15, 0.2) is 18.2 Å². The minimum absolute atomic E-state index is 0.244. The van der Waals surface area contributed by atoms with E-state index in [1.807, 2.05) is 6.92 Å². The fourth-order valence-corrected chi connectivity index (χ4v) is 2.43. The minimum Gasteiger partial charge on any atom is -0.494 e. The summed E-state index contributed by atoms with van der Waals surface area (Å²) in [7, 11) is 1.45. The van der Waals surface area contributed by atoms with Gasteiger partial charge in [-0.1, -0.05) is 19.1 Å². The van der Waals surface area contributed by atoms with E-state index < -0.39 is 0 Å². The first kappa shape index (κ1) is 15.5. The van der Waals surface area contributed by atoms with Crippen LogP contribution in [0, 0.1) is 5.82 Å². The van der Waals surface area contributed by atoms with Crippen molar-refractivity contribution >= 4 is 23.2 Å². The molecule has 0 saturated carbocycles. The fraction of sp³-hybridized carbons (Fsp3) is 0.538. The third-order valence-electron chi connectivity index (χ3n) is 3.11. The summed E-state index contributed by atoms with van der Waals surface area (Å²) in [5.41, 5.74) is 0.181. The Hall–Kier alpha value is -0.510. The molecule has 1 rings (SSSR count). The summed E-state index contributed by atoms with van der Waals surface area (Å²) < 4.78 is 18.9. The molecule has 0 aliphatic rings. The van der Waals surface area contributed by atoms with Gasteiger partial charge in [-0.2, -0.15) is 0 Å². The zero-order valence-corrected chi connectivity index (χ0v) is 12.1. The molecule has 0 aliphatic heterocycles. The van der Waals surface area contributed by atoms with Gasteiger partial charge < -0.3 is 10.1 Å². The Bertz CT molecular complexity index is 375. The summed E-state index contributed by atoms with van der Waals surface area (Å²) in [6.45, 7) is 2.37. The minimum atomic E-state index is -0.362. The third-order valence-corrected chi connectivity index (χ3v) is 4.13. The molecule has 0 aromatic heterocycles. The van der Waals surface area contributed by atoms with Crippen molar-refractivity contribution in [2.24, 2.45) is 0 Å². The standard InChI is InChI=1S/C13H18Cl2FNO/c1-3-13(8-14,9-15)17-7-10-5-4-6-11(18-2)12(10)16/h4-6,17H,3,7-9H2,1-2H3. The highest BCUT2D eigenvalue weighted by molar-refractivity contribution is 6.22. The third kappa shape index (κ3) is 3.50. The van der Waals surface area contributed by atoms with Gasteiger partial charge in [-0.25, -0.2) is 4.39 Å². The van der Waals surface area contributed by atoms with Crippen LogP contribution in [0.3, 0.4) is 0 Å². The lowest BCUT2D eigenvalue weighted by molar-refractivity contribution is 0.367. The number of methoxy groups -OCH3 is 1. The summed E-state index contributed by atoms with van der Waals surface area (Å²) in [6, 6.07) is 5.07. The van der Waals surface area contributed by atoms with Crippen molar-refractivity contribution in [3.05, 3.63) is 29.6 Å². The highest BCUT2D eigenvalue weighted by Gasteiger charge is 2.25. The van der Waals surface area contributed by atoms with E-state index in [-0.39, 0.29) is 17.1 Å². The Morgan fingerprint density at radius 3 is 2.50 bits per heavy atom. The molecule has 0 bridgehead atoms. The van der Waals surface area contributed by atoms with Crippen molar-refractivity contribution < 1.29 is 9.13 Å². The predicted molar refractivity (Wildman–Crippen MR) is 74.3 cm³/mol. The molecular formula is C13H18Cl2FNO. The van der Waals surface area contributed by atoms with Crippen molar-refractivity contribution in [1.82, 2.24) is 5.32 Å². The van der Waals surface area contributed by atoms with E-state index in [1.54, 1.807) is 18.2 Å². The highest BCUT2D eigenvalue weighted by atomic mass is 35.5. The molecule has 2 nitrogen and oxygen atoms in total. The Morgan fingerprint density at radius 2 is 2.00 bits per heavy atom. The normalized spacial score (nSPS) is 11.6. The maximum atomic E-state index is 13.9. The predicted octanol–water partition coefficient (Wildman–Crippen LogP) is 3.55. The van der Waals surface area contributed by atoms with Gasteiger partial charge in [0.05, 0.1) is 7.11 Å². The van der Waals surface area contributed by atoms with Crippen LogP contribution in [0.1, 0.15) is 18.9 Å². The van der Waals surface area contributed by atoms with E-state index in [0.29, 0.717) is 23.9 Å². The first-order valence-corrected chi connectivity index (χ1v) is 6.87. The molecule has 0 unspecified atom stereocenters. The number of hydrogen-bond donors (Lipinski definition) is 1. The van der Waals surface area contributed by atoms with E-state index in [4.69, 9.17) is 27.9 Å². The van der Waals surface area contributed by atoms with Gasteiger partial charge in [-0.05, 0) is 12.5 Å². The smallest absolute Gasteiger partial charge is 0.169 e. The van der Waals surface area contributed by atoms with Crippen molar-refractivity contribution in [3.8, 4) is 5.75 Å². The van der Waals surface area contributed by atoms with Crippen LogP contribution in [0.5, 0.6) is 5.75 Å². The Balaban J connectivity index is 2.79. The lowest BCUT2D eigenvalue weighted by atomic mass is 10.0. The molecule has 0 spiro atoms. The van der Waals surface area contributed by atoms with Gasteiger partial charge in [0.15, 0.2) is 11.6 Å². The van der Waals surface area contributed by atoms with Gasteiger partial charge in [0.25, 0.3) is 0 Å². The SMILES string of the molecule is CCC(CCl)(CCl)NCc1cccc(OC)c1F. The maximum absolute atomic E-state index is 13.9. The molecule has 0 saturated heterocycles. The average molecular weight is 294 g/mol. The molecule has 1 N–H and O–H groups in total. The number of ether oxygens (including phenoxy) is 1. The number of halogens is 3. The van der Waals surface area contributed by atoms with Crippen LogP contribution in [0.4, 0.5) is 4.39 Å². The zero-order valence-electron chi connectivity index (χ0n) is 10.6. The van der Waals surface area contributed by atoms with Crippen LogP contribution in [-0.4, -0.2) is 24.4 Å². The summed E-state index contributed by atoms with van der Waals surface area (Å²) in [4.78, 5) is 0. The molecule has 0 aliphatic carbocycles. The first-order valence-electron chi connectivity index (χ1n) is 5.80. The summed E-state index contributed by atoms with van der Waals surface area (Å²) >= 11 is 11.8. The second-order valence-corrected chi connectivity index (χ2v) is 4.72. The number of hydrogen-bond acceptors (Lipinski definition) is 2. The molecule has 0 atom stereocenters. The largest absolute Gasteiger partial charge is 0.494 e. The van der Waals surface area contributed by atoms with E-state index in [0.717, 1.165) is 6.42 Å². The van der Waals surface area contributed by atoms with Gasteiger partial charge in [-0.15, -0.1) is 23.2 Å². The van der Waals surface area contributed by atoms with Crippen LogP contribution in [0.25, 0.3) is 0 Å². The summed E-state index contributed by atoms with van der Waals surface area (Å²) in [5, 5.41) is 3.23. The second-order valence-electron chi connectivity index (χ2n) is 4.19. The quantitative estimate of drug-likeness (QED) is 0.777. The van der Waals surface area contributed by atoms with Crippen LogP contribution < -0.4 is 10.1 Å². The average Bonchev–Trinajstić information content (AvgIpc) is 2.42. The van der Waals surface area contributed by atoms with Crippen LogP contribution in [-0.2, 0) is 6.54 Å². The van der Waals surface area contributed by atoms with Crippen molar-refractivity contribution in [1.29, 1.82) is 0 Å². The highest BCUT2D eigenvalue weighted by Crippen LogP contribution is 2.21. The van der Waals surface area contributed by atoms with Crippen molar-refractivity contribution in [3.63, 3.8) is 0 Å². The van der Waals surface area contributed by atoms with Gasteiger partial charge in [0.1, 0.15) is 0 Å². The molecule has 102 valence electrons. The van der Waals surface area contributed by atoms with Gasteiger partial charge in [0, 0.05) is 29.4 Å². The number of alkyl halides is 2. The second kappa shape index (κ2) is 7.17. The van der Waals surface area contributed by atoms with E-state index in [9.17, 15) is 4.39 Å². The Labute approximate surface area is 117 Å². The van der Waals surface area contributed by atoms with Crippen molar-refractivity contribution in [2.45, 2.75) is 25.4 Å². The van der Waals surface area contributed by atoms with E-state index >= 15 is 0 Å². The van der Waals surface area contributed by atoms with Gasteiger partial charge >= 0.3 is 0 Å². The van der Waals surface area contributed by atoms with E-state index in [2.05, 4.69) is 5.32 Å². The molecule has 0 heterocycles. The molecule has 0 fully saturated rings. The number of benzene rings is 1. The molecular weight excluding hydrogens is 276 g/mol.